The van der Waals surface area contributed by atoms with Crippen LogP contribution < -0.4 is 9.47 Å². The van der Waals surface area contributed by atoms with Crippen molar-refractivity contribution in [3.63, 3.8) is 0 Å². The van der Waals surface area contributed by atoms with Crippen molar-refractivity contribution in [2.75, 3.05) is 14.2 Å². The third-order valence-electron chi connectivity index (χ3n) is 2.68. The first kappa shape index (κ1) is 17.0. The summed E-state index contributed by atoms with van der Waals surface area (Å²) in [5, 5.41) is 0. The van der Waals surface area contributed by atoms with Gasteiger partial charge in [-0.15, -0.1) is 0 Å². The molecule has 0 saturated heterocycles. The molecule has 1 aromatic carbocycles. The Bertz CT molecular complexity index is 514. The van der Waals surface area contributed by atoms with Crippen molar-refractivity contribution in [3.05, 3.63) is 23.8 Å². The topological polar surface area (TPSA) is 61.8 Å². The van der Waals surface area contributed by atoms with Crippen LogP contribution in [0.25, 0.3) is 0 Å². The van der Waals surface area contributed by atoms with E-state index in [0.29, 0.717) is 17.1 Å². The van der Waals surface area contributed by atoms with Crippen LogP contribution >= 0.6 is 0 Å². The zero-order valence-corrected chi connectivity index (χ0v) is 13.2. The van der Waals surface area contributed by atoms with Crippen LogP contribution in [0.2, 0.25) is 0 Å². The molecule has 5 nitrogen and oxygen atoms in total. The van der Waals surface area contributed by atoms with E-state index in [0.717, 1.165) is 0 Å². The highest BCUT2D eigenvalue weighted by molar-refractivity contribution is 5.98. The molecule has 21 heavy (non-hydrogen) atoms. The molecule has 0 aromatic heterocycles. The van der Waals surface area contributed by atoms with E-state index >= 15 is 0 Å². The Morgan fingerprint density at radius 3 is 2.14 bits per heavy atom. The second-order valence-electron chi connectivity index (χ2n) is 5.58. The molecular weight excluding hydrogens is 272 g/mol. The van der Waals surface area contributed by atoms with Crippen molar-refractivity contribution in [1.82, 2.24) is 0 Å². The number of ketones is 1. The number of benzene rings is 1. The highest BCUT2D eigenvalue weighted by Gasteiger charge is 2.18. The maximum atomic E-state index is 12.1. The quantitative estimate of drug-likeness (QED) is 0.596. The van der Waals surface area contributed by atoms with E-state index in [1.165, 1.54) is 14.2 Å². The molecule has 0 bridgehead atoms. The number of rotatable bonds is 6. The predicted molar refractivity (Wildman–Crippen MR) is 79.0 cm³/mol. The lowest BCUT2D eigenvalue weighted by Crippen LogP contribution is -2.24. The Hall–Kier alpha value is -2.04. The molecule has 0 unspecified atom stereocenters. The normalized spacial score (nSPS) is 10.9. The molecule has 0 radical (unpaired) electrons. The molecule has 0 aliphatic rings. The van der Waals surface area contributed by atoms with Crippen LogP contribution in [-0.2, 0) is 9.53 Å². The van der Waals surface area contributed by atoms with Crippen LogP contribution in [-0.4, -0.2) is 31.6 Å². The highest BCUT2D eigenvalue weighted by Crippen LogP contribution is 2.28. The van der Waals surface area contributed by atoms with Crippen LogP contribution in [0.4, 0.5) is 0 Å². The van der Waals surface area contributed by atoms with Gasteiger partial charge in [-0.05, 0) is 39.0 Å². The first-order valence-corrected chi connectivity index (χ1v) is 6.74. The van der Waals surface area contributed by atoms with E-state index in [2.05, 4.69) is 0 Å². The smallest absolute Gasteiger partial charge is 0.306 e. The van der Waals surface area contributed by atoms with E-state index in [-0.39, 0.29) is 24.6 Å². The van der Waals surface area contributed by atoms with E-state index in [1.54, 1.807) is 39.0 Å². The van der Waals surface area contributed by atoms with Gasteiger partial charge in [0.05, 0.1) is 20.6 Å². The van der Waals surface area contributed by atoms with Crippen LogP contribution in [0, 0.1) is 0 Å². The number of ether oxygens (including phenoxy) is 3. The van der Waals surface area contributed by atoms with Crippen LogP contribution in [0.3, 0.4) is 0 Å². The number of hydrogen-bond acceptors (Lipinski definition) is 5. The molecule has 0 heterocycles. The Morgan fingerprint density at radius 1 is 1.00 bits per heavy atom. The summed E-state index contributed by atoms with van der Waals surface area (Å²) >= 11 is 0. The molecule has 0 N–H and O–H groups in total. The third kappa shape index (κ3) is 5.45. The summed E-state index contributed by atoms with van der Waals surface area (Å²) in [5.41, 5.74) is -0.0556. The minimum atomic E-state index is -0.538. The standard InChI is InChI=1S/C16H22O5/c1-16(2,3)21-15(18)9-7-12(17)11-6-8-13(19-4)14(10-11)20-5/h6,8,10H,7,9H2,1-5H3. The molecule has 0 aliphatic carbocycles. The molecule has 0 saturated carbocycles. The van der Waals surface area contributed by atoms with Crippen molar-refractivity contribution in [2.45, 2.75) is 39.2 Å². The van der Waals surface area contributed by atoms with Gasteiger partial charge < -0.3 is 14.2 Å². The van der Waals surface area contributed by atoms with Gasteiger partial charge in [0, 0.05) is 12.0 Å². The second kappa shape index (κ2) is 7.11. The predicted octanol–water partition coefficient (Wildman–Crippen LogP) is 3.01. The SMILES string of the molecule is COc1ccc(C(=O)CCC(=O)OC(C)(C)C)cc1OC. The van der Waals surface area contributed by atoms with E-state index in [1.807, 2.05) is 0 Å². The van der Waals surface area contributed by atoms with E-state index in [9.17, 15) is 9.59 Å². The van der Waals surface area contributed by atoms with E-state index in [4.69, 9.17) is 14.2 Å². The van der Waals surface area contributed by atoms with Gasteiger partial charge >= 0.3 is 5.97 Å². The molecule has 0 atom stereocenters. The van der Waals surface area contributed by atoms with Crippen molar-refractivity contribution < 1.29 is 23.8 Å². The lowest BCUT2D eigenvalue weighted by Gasteiger charge is -2.19. The summed E-state index contributed by atoms with van der Waals surface area (Å²) in [6.45, 7) is 5.38. The zero-order valence-electron chi connectivity index (χ0n) is 13.2. The molecule has 0 amide bonds. The lowest BCUT2D eigenvalue weighted by molar-refractivity contribution is -0.154. The van der Waals surface area contributed by atoms with Gasteiger partial charge in [0.2, 0.25) is 0 Å². The molecule has 1 rings (SSSR count). The average Bonchev–Trinajstić information content (AvgIpc) is 2.42. The summed E-state index contributed by atoms with van der Waals surface area (Å²) in [5.74, 6) is 0.528. The zero-order chi connectivity index (χ0) is 16.0. The maximum absolute atomic E-state index is 12.1. The fraction of sp³-hybridized carbons (Fsp3) is 0.500. The van der Waals surface area contributed by atoms with Crippen LogP contribution in [0.5, 0.6) is 11.5 Å². The molecule has 1 aromatic rings. The molecule has 116 valence electrons. The molecule has 0 spiro atoms. The summed E-state index contributed by atoms with van der Waals surface area (Å²) in [7, 11) is 3.04. The monoisotopic (exact) mass is 294 g/mol. The molecule has 5 heteroatoms. The van der Waals surface area contributed by atoms with Crippen LogP contribution in [0.1, 0.15) is 44.0 Å². The minimum absolute atomic E-state index is 0.0600. The van der Waals surface area contributed by atoms with Crippen molar-refractivity contribution in [3.8, 4) is 11.5 Å². The number of esters is 1. The van der Waals surface area contributed by atoms with Gasteiger partial charge in [0.1, 0.15) is 5.60 Å². The first-order valence-electron chi connectivity index (χ1n) is 6.74. The number of Topliss-reactive ketones (excluding diaryl/α,β-unsaturated/α-hetero) is 1. The first-order chi connectivity index (χ1) is 9.76. The van der Waals surface area contributed by atoms with Crippen molar-refractivity contribution >= 4 is 11.8 Å². The van der Waals surface area contributed by atoms with E-state index < -0.39 is 5.60 Å². The summed E-state index contributed by atoms with van der Waals surface area (Å²) in [6.07, 6.45) is 0.162. The Morgan fingerprint density at radius 2 is 1.62 bits per heavy atom. The second-order valence-corrected chi connectivity index (χ2v) is 5.58. The Labute approximate surface area is 125 Å². The largest absolute Gasteiger partial charge is 0.493 e. The van der Waals surface area contributed by atoms with Crippen molar-refractivity contribution in [1.29, 1.82) is 0 Å². The number of carbonyl (C=O) groups is 2. The summed E-state index contributed by atoms with van der Waals surface area (Å²) < 4.78 is 15.4. The number of carbonyl (C=O) groups excluding carboxylic acids is 2. The summed E-state index contributed by atoms with van der Waals surface area (Å²) in [4.78, 5) is 23.7. The number of hydrogen-bond donors (Lipinski definition) is 0. The van der Waals surface area contributed by atoms with Gasteiger partial charge in [0.15, 0.2) is 17.3 Å². The third-order valence-corrected chi connectivity index (χ3v) is 2.68. The highest BCUT2D eigenvalue weighted by atomic mass is 16.6. The fourth-order valence-corrected chi connectivity index (χ4v) is 1.76. The fourth-order valence-electron chi connectivity index (χ4n) is 1.76. The Kier molecular flexibility index (Phi) is 5.76. The van der Waals surface area contributed by atoms with Gasteiger partial charge in [-0.3, -0.25) is 9.59 Å². The molecule has 0 aliphatic heterocycles. The Balaban J connectivity index is 2.66. The molecular formula is C16H22O5. The summed E-state index contributed by atoms with van der Waals surface area (Å²) in [6, 6.07) is 4.93. The van der Waals surface area contributed by atoms with Crippen LogP contribution in [0.15, 0.2) is 18.2 Å². The number of methoxy groups -OCH3 is 2. The van der Waals surface area contributed by atoms with Gasteiger partial charge in [-0.1, -0.05) is 0 Å². The minimum Gasteiger partial charge on any atom is -0.493 e. The van der Waals surface area contributed by atoms with Crippen molar-refractivity contribution in [2.24, 2.45) is 0 Å². The van der Waals surface area contributed by atoms with Gasteiger partial charge in [-0.2, -0.15) is 0 Å². The van der Waals surface area contributed by atoms with Gasteiger partial charge in [0.25, 0.3) is 0 Å². The lowest BCUT2D eigenvalue weighted by atomic mass is 10.1. The molecule has 0 fully saturated rings. The van der Waals surface area contributed by atoms with Gasteiger partial charge in [-0.25, -0.2) is 0 Å². The maximum Gasteiger partial charge on any atom is 0.306 e. The average molecular weight is 294 g/mol.